The number of carbonyl (C=O) groups excluding carboxylic acids is 2. The van der Waals surface area contributed by atoms with E-state index in [1.807, 2.05) is 0 Å². The standard InChI is InChI=1S/C21H26FN5O2/c22-16-9-7-15(8-10-16)19-6-3-11-27(19)21(29)25-18-12-23-26(13-18)14-20(28)24-17-4-1-2-5-17/h7-10,12-13,17,19H,1-6,11,14H2,(H,24,28)(H,25,29)/t19-/m1/s1. The number of benzene rings is 1. The van der Waals surface area contributed by atoms with Crippen LogP contribution >= 0.6 is 0 Å². The minimum absolute atomic E-state index is 0.0613. The zero-order valence-electron chi connectivity index (χ0n) is 16.3. The van der Waals surface area contributed by atoms with E-state index in [1.54, 1.807) is 29.4 Å². The van der Waals surface area contributed by atoms with Crippen LogP contribution in [-0.4, -0.2) is 39.2 Å². The summed E-state index contributed by atoms with van der Waals surface area (Å²) in [5.74, 6) is -0.346. The molecule has 1 aromatic heterocycles. The Morgan fingerprint density at radius 3 is 2.62 bits per heavy atom. The highest BCUT2D eigenvalue weighted by molar-refractivity contribution is 5.89. The molecule has 4 rings (SSSR count). The largest absolute Gasteiger partial charge is 0.352 e. The molecule has 154 valence electrons. The van der Waals surface area contributed by atoms with Gasteiger partial charge in [0.1, 0.15) is 12.4 Å². The Labute approximate surface area is 169 Å². The van der Waals surface area contributed by atoms with Crippen molar-refractivity contribution in [2.45, 2.75) is 57.2 Å². The maximum Gasteiger partial charge on any atom is 0.322 e. The van der Waals surface area contributed by atoms with Gasteiger partial charge in [-0.25, -0.2) is 9.18 Å². The van der Waals surface area contributed by atoms with Crippen LogP contribution in [0.3, 0.4) is 0 Å². The second-order valence-electron chi connectivity index (χ2n) is 7.81. The number of hydrogen-bond donors (Lipinski definition) is 2. The summed E-state index contributed by atoms with van der Waals surface area (Å²) in [6.07, 6.45) is 9.36. The Morgan fingerprint density at radius 1 is 1.10 bits per heavy atom. The second-order valence-corrected chi connectivity index (χ2v) is 7.81. The van der Waals surface area contributed by atoms with Crippen LogP contribution in [0.4, 0.5) is 14.9 Å². The average molecular weight is 399 g/mol. The van der Waals surface area contributed by atoms with Crippen molar-refractivity contribution in [2.75, 3.05) is 11.9 Å². The summed E-state index contributed by atoms with van der Waals surface area (Å²) in [6, 6.07) is 6.29. The third kappa shape index (κ3) is 4.75. The summed E-state index contributed by atoms with van der Waals surface area (Å²) in [5.41, 5.74) is 1.48. The quantitative estimate of drug-likeness (QED) is 0.808. The maximum atomic E-state index is 13.2. The van der Waals surface area contributed by atoms with Crippen molar-refractivity contribution >= 4 is 17.6 Å². The van der Waals surface area contributed by atoms with Gasteiger partial charge in [0, 0.05) is 18.8 Å². The lowest BCUT2D eigenvalue weighted by atomic mass is 10.0. The Bertz CT molecular complexity index is 860. The molecule has 0 spiro atoms. The number of nitrogens with one attached hydrogen (secondary N) is 2. The normalized spacial score (nSPS) is 19.5. The first-order valence-electron chi connectivity index (χ1n) is 10.2. The van der Waals surface area contributed by atoms with Crippen molar-refractivity contribution < 1.29 is 14.0 Å². The van der Waals surface area contributed by atoms with E-state index in [4.69, 9.17) is 0 Å². The van der Waals surface area contributed by atoms with Gasteiger partial charge in [-0.1, -0.05) is 25.0 Å². The van der Waals surface area contributed by atoms with Crippen LogP contribution < -0.4 is 10.6 Å². The van der Waals surface area contributed by atoms with E-state index in [-0.39, 0.29) is 36.4 Å². The molecule has 1 aliphatic carbocycles. The number of urea groups is 1. The van der Waals surface area contributed by atoms with E-state index in [2.05, 4.69) is 15.7 Å². The van der Waals surface area contributed by atoms with Gasteiger partial charge < -0.3 is 15.5 Å². The fourth-order valence-electron chi connectivity index (χ4n) is 4.24. The highest BCUT2D eigenvalue weighted by atomic mass is 19.1. The number of aromatic nitrogens is 2. The van der Waals surface area contributed by atoms with Gasteiger partial charge in [0.05, 0.1) is 17.9 Å². The maximum absolute atomic E-state index is 13.2. The van der Waals surface area contributed by atoms with E-state index in [0.717, 1.165) is 44.1 Å². The fourth-order valence-corrected chi connectivity index (χ4v) is 4.24. The molecule has 0 bridgehead atoms. The molecular weight excluding hydrogens is 373 g/mol. The molecule has 29 heavy (non-hydrogen) atoms. The van der Waals surface area contributed by atoms with Crippen LogP contribution in [0.25, 0.3) is 0 Å². The van der Waals surface area contributed by atoms with Gasteiger partial charge >= 0.3 is 6.03 Å². The molecule has 3 amide bonds. The zero-order chi connectivity index (χ0) is 20.2. The molecule has 2 N–H and O–H groups in total. The van der Waals surface area contributed by atoms with Gasteiger partial charge in [-0.15, -0.1) is 0 Å². The number of nitrogens with zero attached hydrogens (tertiary/aromatic N) is 3. The number of likely N-dealkylation sites (tertiary alicyclic amines) is 1. The Morgan fingerprint density at radius 2 is 1.86 bits per heavy atom. The van der Waals surface area contributed by atoms with E-state index < -0.39 is 0 Å². The van der Waals surface area contributed by atoms with Crippen molar-refractivity contribution in [1.29, 1.82) is 0 Å². The van der Waals surface area contributed by atoms with Crippen LogP contribution in [0.1, 0.15) is 50.1 Å². The van der Waals surface area contributed by atoms with Crippen LogP contribution in [0.2, 0.25) is 0 Å². The van der Waals surface area contributed by atoms with Gasteiger partial charge in [0.2, 0.25) is 5.91 Å². The summed E-state index contributed by atoms with van der Waals surface area (Å²) in [4.78, 5) is 26.7. The fraction of sp³-hybridized carbons (Fsp3) is 0.476. The van der Waals surface area contributed by atoms with E-state index >= 15 is 0 Å². The number of carbonyl (C=O) groups is 2. The van der Waals surface area contributed by atoms with Gasteiger partial charge in [-0.05, 0) is 43.4 Å². The molecule has 0 radical (unpaired) electrons. The first kappa shape index (κ1) is 19.4. The molecule has 1 aromatic carbocycles. The molecule has 0 unspecified atom stereocenters. The summed E-state index contributed by atoms with van der Waals surface area (Å²) in [6.45, 7) is 0.778. The topological polar surface area (TPSA) is 79.3 Å². The number of hydrogen-bond acceptors (Lipinski definition) is 3. The summed E-state index contributed by atoms with van der Waals surface area (Å²) in [7, 11) is 0. The van der Waals surface area contributed by atoms with Crippen LogP contribution in [0.15, 0.2) is 36.7 Å². The van der Waals surface area contributed by atoms with Gasteiger partial charge in [0.15, 0.2) is 0 Å². The summed E-state index contributed by atoms with van der Waals surface area (Å²) in [5, 5.41) is 10.1. The lowest BCUT2D eigenvalue weighted by Gasteiger charge is -2.25. The predicted molar refractivity (Wildman–Crippen MR) is 107 cm³/mol. The molecule has 1 aliphatic heterocycles. The predicted octanol–water partition coefficient (Wildman–Crippen LogP) is 3.45. The average Bonchev–Trinajstić information content (AvgIpc) is 3.44. The molecule has 8 heteroatoms. The van der Waals surface area contributed by atoms with E-state index in [0.29, 0.717) is 12.2 Å². The molecule has 2 aromatic rings. The van der Waals surface area contributed by atoms with Crippen molar-refractivity contribution in [3.63, 3.8) is 0 Å². The lowest BCUT2D eigenvalue weighted by Crippen LogP contribution is -2.35. The van der Waals surface area contributed by atoms with Gasteiger partial charge in [0.25, 0.3) is 0 Å². The number of anilines is 1. The van der Waals surface area contributed by atoms with Gasteiger partial charge in [-0.3, -0.25) is 9.48 Å². The Balaban J connectivity index is 1.33. The smallest absolute Gasteiger partial charge is 0.322 e. The second kappa shape index (κ2) is 8.63. The minimum Gasteiger partial charge on any atom is -0.352 e. The molecule has 1 atom stereocenters. The third-order valence-corrected chi connectivity index (χ3v) is 5.68. The minimum atomic E-state index is -0.285. The molecular formula is C21H26FN5O2. The first-order chi connectivity index (χ1) is 14.1. The van der Waals surface area contributed by atoms with Gasteiger partial charge in [-0.2, -0.15) is 5.10 Å². The van der Waals surface area contributed by atoms with Crippen LogP contribution in [0.5, 0.6) is 0 Å². The summed E-state index contributed by atoms with van der Waals surface area (Å²) < 4.78 is 14.7. The monoisotopic (exact) mass is 399 g/mol. The zero-order valence-corrected chi connectivity index (χ0v) is 16.3. The van der Waals surface area contributed by atoms with Crippen molar-refractivity contribution in [3.8, 4) is 0 Å². The molecule has 2 fully saturated rings. The molecule has 1 saturated heterocycles. The SMILES string of the molecule is O=C(Cn1cc(NC(=O)N2CCC[C@@H]2c2ccc(F)cc2)cn1)NC1CCCC1. The number of halogens is 1. The van der Waals surface area contributed by atoms with Crippen molar-refractivity contribution in [3.05, 3.63) is 48.0 Å². The number of rotatable bonds is 5. The highest BCUT2D eigenvalue weighted by Gasteiger charge is 2.30. The van der Waals surface area contributed by atoms with Crippen molar-refractivity contribution in [2.24, 2.45) is 0 Å². The summed E-state index contributed by atoms with van der Waals surface area (Å²) >= 11 is 0. The Hall–Kier alpha value is -2.90. The van der Waals surface area contributed by atoms with Crippen molar-refractivity contribution in [1.82, 2.24) is 20.0 Å². The highest BCUT2D eigenvalue weighted by Crippen LogP contribution is 2.32. The lowest BCUT2D eigenvalue weighted by molar-refractivity contribution is -0.122. The molecule has 1 saturated carbocycles. The first-order valence-corrected chi connectivity index (χ1v) is 10.2. The molecule has 2 heterocycles. The Kier molecular flexibility index (Phi) is 5.78. The number of amides is 3. The molecule has 7 nitrogen and oxygen atoms in total. The van der Waals surface area contributed by atoms with Crippen LogP contribution in [0, 0.1) is 5.82 Å². The molecule has 2 aliphatic rings. The third-order valence-electron chi connectivity index (χ3n) is 5.68. The van der Waals surface area contributed by atoms with E-state index in [9.17, 15) is 14.0 Å². The van der Waals surface area contributed by atoms with E-state index in [1.165, 1.54) is 16.8 Å². The van der Waals surface area contributed by atoms with Crippen LogP contribution in [-0.2, 0) is 11.3 Å².